The normalized spacial score (nSPS) is 20.3. The number of carbonyl (C=O) groups excluding carboxylic acids is 1. The summed E-state index contributed by atoms with van der Waals surface area (Å²) in [5.41, 5.74) is -0.727. The van der Waals surface area contributed by atoms with Gasteiger partial charge in [-0.05, 0) is 26.8 Å². The molecule has 0 aliphatic carbocycles. The second-order valence-corrected chi connectivity index (χ2v) is 4.65. The summed E-state index contributed by atoms with van der Waals surface area (Å²) in [6.45, 7) is 4.03. The van der Waals surface area contributed by atoms with Crippen molar-refractivity contribution in [1.29, 1.82) is 0 Å². The fourth-order valence-electron chi connectivity index (χ4n) is 1.20. The van der Waals surface area contributed by atoms with Gasteiger partial charge in [-0.2, -0.15) is 8.78 Å². The van der Waals surface area contributed by atoms with E-state index in [2.05, 4.69) is 0 Å². The Labute approximate surface area is 92.5 Å². The molecule has 1 heterocycles. The van der Waals surface area contributed by atoms with E-state index in [0.29, 0.717) is 0 Å². The van der Waals surface area contributed by atoms with Gasteiger partial charge in [-0.1, -0.05) is 0 Å². The molecule has 4 nitrogen and oxygen atoms in total. The minimum atomic E-state index is -3.39. The highest BCUT2D eigenvalue weighted by molar-refractivity contribution is 5.68. The van der Waals surface area contributed by atoms with Crippen LogP contribution in [0.15, 0.2) is 11.8 Å². The zero-order valence-electron chi connectivity index (χ0n) is 9.46. The van der Waals surface area contributed by atoms with E-state index in [4.69, 9.17) is 9.84 Å². The van der Waals surface area contributed by atoms with Gasteiger partial charge in [-0.15, -0.1) is 0 Å². The van der Waals surface area contributed by atoms with Crippen LogP contribution in [0.4, 0.5) is 13.6 Å². The monoisotopic (exact) mass is 235 g/mol. The van der Waals surface area contributed by atoms with E-state index in [0.717, 1.165) is 11.0 Å². The fourth-order valence-corrected chi connectivity index (χ4v) is 1.20. The first-order chi connectivity index (χ1) is 7.12. The Balaban J connectivity index is 2.69. The molecule has 1 N–H and O–H groups in total. The van der Waals surface area contributed by atoms with E-state index in [1.54, 1.807) is 20.8 Å². The maximum absolute atomic E-state index is 13.1. The quantitative estimate of drug-likeness (QED) is 0.701. The van der Waals surface area contributed by atoms with E-state index in [9.17, 15) is 13.6 Å². The van der Waals surface area contributed by atoms with Gasteiger partial charge in [0.15, 0.2) is 5.76 Å². The molecule has 0 aromatic heterocycles. The molecule has 0 spiro atoms. The van der Waals surface area contributed by atoms with Crippen molar-refractivity contribution in [3.05, 3.63) is 11.8 Å². The molecule has 0 bridgehead atoms. The molecule has 0 saturated carbocycles. The van der Waals surface area contributed by atoms with E-state index in [1.165, 1.54) is 0 Å². The van der Waals surface area contributed by atoms with Gasteiger partial charge in [-0.25, -0.2) is 4.79 Å². The molecule has 0 saturated heterocycles. The number of alkyl halides is 2. The van der Waals surface area contributed by atoms with Crippen LogP contribution in [0.2, 0.25) is 0 Å². The van der Waals surface area contributed by atoms with Crippen LogP contribution in [0.25, 0.3) is 0 Å². The third-order valence-electron chi connectivity index (χ3n) is 1.92. The van der Waals surface area contributed by atoms with E-state index in [1.807, 2.05) is 0 Å². The molecular weight excluding hydrogens is 220 g/mol. The summed E-state index contributed by atoms with van der Waals surface area (Å²) < 4.78 is 31.1. The number of amides is 1. The number of halogens is 2. The molecule has 1 amide bonds. The summed E-state index contributed by atoms with van der Waals surface area (Å²) in [5.74, 6) is -4.39. The molecule has 1 aliphatic rings. The highest BCUT2D eigenvalue weighted by Gasteiger charge is 2.42. The second-order valence-electron chi connectivity index (χ2n) is 4.65. The number of nitrogens with zero attached hydrogens (tertiary/aromatic N) is 1. The first-order valence-electron chi connectivity index (χ1n) is 4.87. The Morgan fingerprint density at radius 1 is 1.56 bits per heavy atom. The molecule has 0 unspecified atom stereocenters. The molecule has 16 heavy (non-hydrogen) atoms. The topological polar surface area (TPSA) is 49.8 Å². The molecule has 0 aromatic carbocycles. The molecule has 0 atom stereocenters. The highest BCUT2D eigenvalue weighted by atomic mass is 19.3. The van der Waals surface area contributed by atoms with Crippen LogP contribution in [0, 0.1) is 0 Å². The predicted molar refractivity (Wildman–Crippen MR) is 53.5 cm³/mol. The lowest BCUT2D eigenvalue weighted by atomic mass is 10.2. The molecule has 0 radical (unpaired) electrons. The Morgan fingerprint density at radius 2 is 2.12 bits per heavy atom. The van der Waals surface area contributed by atoms with Crippen molar-refractivity contribution in [2.24, 2.45) is 0 Å². The molecule has 6 heteroatoms. The number of hydrogen-bond donors (Lipinski definition) is 1. The molecular formula is C10H15F2NO3. The summed E-state index contributed by atoms with van der Waals surface area (Å²) >= 11 is 0. The van der Waals surface area contributed by atoms with Crippen LogP contribution in [0.1, 0.15) is 20.8 Å². The van der Waals surface area contributed by atoms with Crippen molar-refractivity contribution in [3.63, 3.8) is 0 Å². The van der Waals surface area contributed by atoms with Gasteiger partial charge in [0.1, 0.15) is 5.60 Å². The fraction of sp³-hybridized carbons (Fsp3) is 0.700. The van der Waals surface area contributed by atoms with Gasteiger partial charge >= 0.3 is 12.0 Å². The van der Waals surface area contributed by atoms with E-state index >= 15 is 0 Å². The molecule has 1 aliphatic heterocycles. The van der Waals surface area contributed by atoms with Crippen molar-refractivity contribution in [2.45, 2.75) is 32.3 Å². The third-order valence-corrected chi connectivity index (χ3v) is 1.92. The third kappa shape index (κ3) is 3.08. The van der Waals surface area contributed by atoms with E-state index in [-0.39, 0.29) is 6.54 Å². The van der Waals surface area contributed by atoms with Gasteiger partial charge < -0.3 is 9.84 Å². The SMILES string of the molecule is CC(C)(C)OC(=O)N1CC=C(O)C(F)(F)C1. The van der Waals surface area contributed by atoms with Gasteiger partial charge in [-0.3, -0.25) is 4.90 Å². The number of hydrogen-bond acceptors (Lipinski definition) is 3. The van der Waals surface area contributed by atoms with Crippen LogP contribution in [-0.2, 0) is 4.74 Å². The van der Waals surface area contributed by atoms with Crippen LogP contribution < -0.4 is 0 Å². The van der Waals surface area contributed by atoms with Crippen molar-refractivity contribution < 1.29 is 23.4 Å². The average molecular weight is 235 g/mol. The van der Waals surface area contributed by atoms with Crippen LogP contribution in [0.5, 0.6) is 0 Å². The summed E-state index contributed by atoms with van der Waals surface area (Å²) in [4.78, 5) is 12.3. The lowest BCUT2D eigenvalue weighted by Gasteiger charge is -2.32. The second kappa shape index (κ2) is 3.92. The Morgan fingerprint density at radius 3 is 2.56 bits per heavy atom. The smallest absolute Gasteiger partial charge is 0.410 e. The maximum Gasteiger partial charge on any atom is 0.410 e. The number of carbonyl (C=O) groups is 1. The number of aliphatic hydroxyl groups excluding tert-OH is 1. The van der Waals surface area contributed by atoms with Crippen LogP contribution in [-0.4, -0.2) is 40.7 Å². The maximum atomic E-state index is 13.1. The van der Waals surface area contributed by atoms with E-state index < -0.39 is 29.9 Å². The Bertz CT molecular complexity index is 321. The summed E-state index contributed by atoms with van der Waals surface area (Å²) in [6.07, 6.45) is 0.101. The predicted octanol–water partition coefficient (Wildman–Crippen LogP) is 2.31. The van der Waals surface area contributed by atoms with Crippen LogP contribution >= 0.6 is 0 Å². The average Bonchev–Trinajstić information content (AvgIpc) is 2.06. The zero-order valence-corrected chi connectivity index (χ0v) is 9.46. The standard InChI is InChI=1S/C10H15F2NO3/c1-9(2,3)16-8(15)13-5-4-7(14)10(11,12)6-13/h4,14H,5-6H2,1-3H3. The van der Waals surface area contributed by atoms with Gasteiger partial charge in [0.05, 0.1) is 6.54 Å². The van der Waals surface area contributed by atoms with Crippen molar-refractivity contribution in [2.75, 3.05) is 13.1 Å². The van der Waals surface area contributed by atoms with Crippen molar-refractivity contribution in [1.82, 2.24) is 4.90 Å². The zero-order chi connectivity index (χ0) is 12.6. The minimum Gasteiger partial charge on any atom is -0.506 e. The molecule has 0 aromatic rings. The first-order valence-corrected chi connectivity index (χ1v) is 4.87. The minimum absolute atomic E-state index is 0.0731. The molecule has 92 valence electrons. The summed E-state index contributed by atoms with van der Waals surface area (Å²) in [6, 6.07) is 0. The summed E-state index contributed by atoms with van der Waals surface area (Å²) in [5, 5.41) is 8.90. The number of aliphatic hydroxyl groups is 1. The van der Waals surface area contributed by atoms with Gasteiger partial charge in [0.2, 0.25) is 0 Å². The molecule has 1 rings (SSSR count). The Hall–Kier alpha value is -1.33. The van der Waals surface area contributed by atoms with Crippen LogP contribution in [0.3, 0.4) is 0 Å². The first kappa shape index (κ1) is 12.7. The van der Waals surface area contributed by atoms with Gasteiger partial charge in [0, 0.05) is 6.54 Å². The number of ether oxygens (including phenoxy) is 1. The van der Waals surface area contributed by atoms with Crippen molar-refractivity contribution >= 4 is 6.09 Å². The number of rotatable bonds is 0. The lowest BCUT2D eigenvalue weighted by molar-refractivity contribution is -0.0471. The molecule has 0 fully saturated rings. The Kier molecular flexibility index (Phi) is 3.12. The lowest BCUT2D eigenvalue weighted by Crippen LogP contribution is -2.47. The highest BCUT2D eigenvalue weighted by Crippen LogP contribution is 2.27. The summed E-state index contributed by atoms with van der Waals surface area (Å²) in [7, 11) is 0. The van der Waals surface area contributed by atoms with Gasteiger partial charge in [0.25, 0.3) is 0 Å². The van der Waals surface area contributed by atoms with Crippen molar-refractivity contribution in [3.8, 4) is 0 Å². The largest absolute Gasteiger partial charge is 0.506 e.